The molecule has 1 aromatic carbocycles. The van der Waals surface area contributed by atoms with Crippen LogP contribution < -0.4 is 5.32 Å². The molecular formula is C20H22N3O3. The zero-order chi connectivity index (χ0) is 17.9. The Labute approximate surface area is 152 Å². The van der Waals surface area contributed by atoms with E-state index >= 15 is 0 Å². The Balaban J connectivity index is 1.45. The Kier molecular flexibility index (Phi) is 4.73. The highest BCUT2D eigenvalue weighted by Crippen LogP contribution is 2.31. The van der Waals surface area contributed by atoms with E-state index in [2.05, 4.69) is 10.5 Å². The van der Waals surface area contributed by atoms with Crippen LogP contribution in [0.2, 0.25) is 0 Å². The Morgan fingerprint density at radius 1 is 1.12 bits per heavy atom. The van der Waals surface area contributed by atoms with Gasteiger partial charge in [-0.05, 0) is 30.9 Å². The molecule has 1 aliphatic carbocycles. The van der Waals surface area contributed by atoms with Gasteiger partial charge in [0, 0.05) is 30.6 Å². The molecule has 1 fully saturated rings. The monoisotopic (exact) mass is 352 g/mol. The fraction of sp³-hybridized carbons (Fsp3) is 0.400. The number of benzene rings is 1. The summed E-state index contributed by atoms with van der Waals surface area (Å²) in [5.41, 5.74) is 1.71. The van der Waals surface area contributed by atoms with Crippen molar-refractivity contribution >= 4 is 17.5 Å². The number of fused-ring (bicyclic) bond motifs is 1. The van der Waals surface area contributed by atoms with Crippen molar-refractivity contribution < 1.29 is 14.1 Å². The lowest BCUT2D eigenvalue weighted by molar-refractivity contribution is -0.131. The van der Waals surface area contributed by atoms with Gasteiger partial charge in [-0.2, -0.15) is 0 Å². The zero-order valence-corrected chi connectivity index (χ0v) is 14.7. The molecule has 135 valence electrons. The second-order valence-electron chi connectivity index (χ2n) is 6.95. The predicted octanol–water partition coefficient (Wildman–Crippen LogP) is 3.35. The average Bonchev–Trinajstić information content (AvgIpc) is 3.31. The van der Waals surface area contributed by atoms with Crippen LogP contribution in [0, 0.1) is 5.92 Å². The van der Waals surface area contributed by atoms with Gasteiger partial charge in [-0.15, -0.1) is 0 Å². The Bertz CT molecular complexity index is 794. The van der Waals surface area contributed by atoms with E-state index in [0.29, 0.717) is 37.4 Å². The normalized spacial score (nSPS) is 17.2. The molecule has 1 saturated carbocycles. The molecule has 2 amide bonds. The Morgan fingerprint density at radius 3 is 2.65 bits per heavy atom. The number of amides is 2. The maximum atomic E-state index is 12.6. The van der Waals surface area contributed by atoms with Crippen LogP contribution in [0.5, 0.6) is 0 Å². The van der Waals surface area contributed by atoms with Gasteiger partial charge in [0.15, 0.2) is 5.69 Å². The number of carbonyl (C=O) groups is 2. The van der Waals surface area contributed by atoms with E-state index in [-0.39, 0.29) is 17.5 Å². The fourth-order valence-electron chi connectivity index (χ4n) is 3.69. The van der Waals surface area contributed by atoms with Crippen LogP contribution >= 0.6 is 0 Å². The zero-order valence-electron chi connectivity index (χ0n) is 14.7. The maximum absolute atomic E-state index is 12.6. The molecule has 26 heavy (non-hydrogen) atoms. The van der Waals surface area contributed by atoms with Crippen molar-refractivity contribution in [2.45, 2.75) is 45.1 Å². The molecule has 1 N–H and O–H groups in total. The first-order valence-electron chi connectivity index (χ1n) is 9.16. The fourth-order valence-corrected chi connectivity index (χ4v) is 3.69. The molecule has 1 aromatic heterocycles. The molecule has 1 radical (unpaired) electrons. The van der Waals surface area contributed by atoms with E-state index < -0.39 is 0 Å². The van der Waals surface area contributed by atoms with Crippen LogP contribution in [-0.2, 0) is 17.8 Å². The lowest BCUT2D eigenvalue weighted by atomic mass is 10.0. The second kappa shape index (κ2) is 7.32. The molecule has 6 nitrogen and oxygen atoms in total. The number of para-hydroxylation sites is 1. The van der Waals surface area contributed by atoms with Crippen LogP contribution in [-0.4, -0.2) is 28.4 Å². The molecule has 0 spiro atoms. The van der Waals surface area contributed by atoms with Crippen molar-refractivity contribution in [3.05, 3.63) is 53.3 Å². The predicted molar refractivity (Wildman–Crippen MR) is 96.3 cm³/mol. The Morgan fingerprint density at radius 2 is 1.88 bits per heavy atom. The number of rotatable bonds is 4. The smallest absolute Gasteiger partial charge is 0.278 e. The SMILES string of the molecule is O=C(Nc1ccccc1)c1noc2c1CN(C(=O)C[C]1CCCC1)CC2. The number of aromatic nitrogens is 1. The van der Waals surface area contributed by atoms with E-state index in [1.165, 1.54) is 18.8 Å². The van der Waals surface area contributed by atoms with Crippen molar-refractivity contribution in [3.63, 3.8) is 0 Å². The highest BCUT2D eigenvalue weighted by molar-refractivity contribution is 6.04. The van der Waals surface area contributed by atoms with Gasteiger partial charge in [0.05, 0.1) is 6.54 Å². The first-order chi connectivity index (χ1) is 12.7. The molecule has 1 aliphatic heterocycles. The third-order valence-electron chi connectivity index (χ3n) is 5.14. The van der Waals surface area contributed by atoms with Gasteiger partial charge in [0.2, 0.25) is 5.91 Å². The summed E-state index contributed by atoms with van der Waals surface area (Å²) >= 11 is 0. The van der Waals surface area contributed by atoms with Crippen LogP contribution in [0.1, 0.15) is 53.9 Å². The summed E-state index contributed by atoms with van der Waals surface area (Å²) < 4.78 is 5.35. The third kappa shape index (κ3) is 3.49. The van der Waals surface area contributed by atoms with Gasteiger partial charge < -0.3 is 14.7 Å². The topological polar surface area (TPSA) is 75.4 Å². The highest BCUT2D eigenvalue weighted by Gasteiger charge is 2.31. The van der Waals surface area contributed by atoms with Gasteiger partial charge in [-0.1, -0.05) is 36.2 Å². The standard InChI is InChI=1S/C20H22N3O3/c24-18(12-14-6-4-5-7-14)23-11-10-17-16(13-23)19(22-26-17)20(25)21-15-8-2-1-3-9-15/h1-3,8-9H,4-7,10-13H2,(H,21,25). The molecule has 2 aromatic rings. The van der Waals surface area contributed by atoms with Gasteiger partial charge in [0.25, 0.3) is 5.91 Å². The van der Waals surface area contributed by atoms with Gasteiger partial charge in [0.1, 0.15) is 5.76 Å². The second-order valence-corrected chi connectivity index (χ2v) is 6.95. The van der Waals surface area contributed by atoms with Crippen LogP contribution in [0.3, 0.4) is 0 Å². The number of hydrogen-bond donors (Lipinski definition) is 1. The summed E-state index contributed by atoms with van der Waals surface area (Å²) in [6.45, 7) is 1.01. The van der Waals surface area contributed by atoms with E-state index in [1.54, 1.807) is 0 Å². The Hall–Kier alpha value is -2.63. The van der Waals surface area contributed by atoms with E-state index in [0.717, 1.165) is 18.4 Å². The third-order valence-corrected chi connectivity index (χ3v) is 5.14. The molecule has 2 heterocycles. The molecule has 0 atom stereocenters. The number of hydrogen-bond acceptors (Lipinski definition) is 4. The molecule has 0 unspecified atom stereocenters. The summed E-state index contributed by atoms with van der Waals surface area (Å²) in [6, 6.07) is 9.24. The van der Waals surface area contributed by atoms with Crippen molar-refractivity contribution in [2.24, 2.45) is 0 Å². The largest absolute Gasteiger partial charge is 0.360 e. The minimum absolute atomic E-state index is 0.142. The van der Waals surface area contributed by atoms with E-state index in [4.69, 9.17) is 4.52 Å². The minimum Gasteiger partial charge on any atom is -0.360 e. The van der Waals surface area contributed by atoms with Crippen LogP contribution in [0.25, 0.3) is 0 Å². The first kappa shape index (κ1) is 16.8. The first-order valence-corrected chi connectivity index (χ1v) is 9.16. The molecule has 0 bridgehead atoms. The highest BCUT2D eigenvalue weighted by atomic mass is 16.5. The molecule has 0 saturated heterocycles. The van der Waals surface area contributed by atoms with Crippen LogP contribution in [0.15, 0.2) is 34.9 Å². The summed E-state index contributed by atoms with van der Waals surface area (Å²) in [4.78, 5) is 27.0. The summed E-state index contributed by atoms with van der Waals surface area (Å²) in [5, 5.41) is 6.79. The summed E-state index contributed by atoms with van der Waals surface area (Å²) in [7, 11) is 0. The van der Waals surface area contributed by atoms with E-state index in [1.807, 2.05) is 35.2 Å². The van der Waals surface area contributed by atoms with Crippen molar-refractivity contribution in [3.8, 4) is 0 Å². The molecule has 4 rings (SSSR count). The van der Waals surface area contributed by atoms with Crippen molar-refractivity contribution in [1.29, 1.82) is 0 Å². The maximum Gasteiger partial charge on any atom is 0.278 e. The summed E-state index contributed by atoms with van der Waals surface area (Å²) in [5.74, 6) is 1.90. The van der Waals surface area contributed by atoms with Crippen molar-refractivity contribution in [2.75, 3.05) is 11.9 Å². The van der Waals surface area contributed by atoms with Gasteiger partial charge in [-0.25, -0.2) is 0 Å². The minimum atomic E-state index is -0.305. The van der Waals surface area contributed by atoms with Gasteiger partial charge >= 0.3 is 0 Å². The molecule has 6 heteroatoms. The average molecular weight is 352 g/mol. The van der Waals surface area contributed by atoms with Gasteiger partial charge in [-0.3, -0.25) is 9.59 Å². The number of nitrogens with zero attached hydrogens (tertiary/aromatic N) is 2. The molecular weight excluding hydrogens is 330 g/mol. The van der Waals surface area contributed by atoms with E-state index in [9.17, 15) is 9.59 Å². The number of anilines is 1. The number of carbonyl (C=O) groups excluding carboxylic acids is 2. The molecule has 2 aliphatic rings. The number of nitrogens with one attached hydrogen (secondary N) is 1. The van der Waals surface area contributed by atoms with Crippen LogP contribution in [0.4, 0.5) is 5.69 Å². The lowest BCUT2D eigenvalue weighted by Crippen LogP contribution is -2.36. The quantitative estimate of drug-likeness (QED) is 0.915. The van der Waals surface area contributed by atoms with Crippen molar-refractivity contribution in [1.82, 2.24) is 10.1 Å². The lowest BCUT2D eigenvalue weighted by Gasteiger charge is -2.27. The summed E-state index contributed by atoms with van der Waals surface area (Å²) in [6.07, 6.45) is 5.67.